The average Bonchev–Trinajstić information content (AvgIpc) is 2.66. The van der Waals surface area contributed by atoms with E-state index in [1.54, 1.807) is 0 Å². The van der Waals surface area contributed by atoms with Gasteiger partial charge in [0.25, 0.3) is 4.84 Å². The SMILES string of the molecule is CC1CN(Cn2c(=S)oc3ccccc32)CCO1. The number of ether oxygens (including phenoxy) is 1. The normalized spacial score (nSPS) is 21.5. The molecule has 0 radical (unpaired) electrons. The van der Waals surface area contributed by atoms with Gasteiger partial charge in [-0.3, -0.25) is 9.47 Å². The molecule has 1 unspecified atom stereocenters. The molecule has 1 saturated heterocycles. The first-order valence-electron chi connectivity index (χ1n) is 6.16. The molecule has 0 amide bonds. The van der Waals surface area contributed by atoms with Gasteiger partial charge < -0.3 is 9.15 Å². The Morgan fingerprint density at radius 1 is 1.39 bits per heavy atom. The number of aromatic nitrogens is 1. The van der Waals surface area contributed by atoms with Gasteiger partial charge in [-0.15, -0.1) is 0 Å². The lowest BCUT2D eigenvalue weighted by molar-refractivity contribution is -0.0290. The van der Waals surface area contributed by atoms with Crippen molar-refractivity contribution in [3.63, 3.8) is 0 Å². The molecule has 2 heterocycles. The van der Waals surface area contributed by atoms with Crippen LogP contribution >= 0.6 is 12.2 Å². The van der Waals surface area contributed by atoms with Gasteiger partial charge in [0.15, 0.2) is 5.58 Å². The van der Waals surface area contributed by atoms with E-state index in [0.717, 1.165) is 37.5 Å². The molecule has 18 heavy (non-hydrogen) atoms. The van der Waals surface area contributed by atoms with E-state index in [-0.39, 0.29) is 6.10 Å². The van der Waals surface area contributed by atoms with E-state index in [4.69, 9.17) is 21.4 Å². The Morgan fingerprint density at radius 2 is 2.22 bits per heavy atom. The van der Waals surface area contributed by atoms with E-state index >= 15 is 0 Å². The minimum Gasteiger partial charge on any atom is -0.429 e. The van der Waals surface area contributed by atoms with Gasteiger partial charge in [0, 0.05) is 13.1 Å². The summed E-state index contributed by atoms with van der Waals surface area (Å²) in [5, 5.41) is 0. The van der Waals surface area contributed by atoms with Crippen molar-refractivity contribution in [2.75, 3.05) is 19.7 Å². The molecule has 3 rings (SSSR count). The topological polar surface area (TPSA) is 30.5 Å². The molecular formula is C13H16N2O2S. The van der Waals surface area contributed by atoms with Gasteiger partial charge in [-0.25, -0.2) is 0 Å². The molecule has 1 atom stereocenters. The molecule has 0 saturated carbocycles. The van der Waals surface area contributed by atoms with E-state index in [0.29, 0.717) is 4.84 Å². The molecule has 1 aliphatic heterocycles. The molecular weight excluding hydrogens is 248 g/mol. The second-order valence-electron chi connectivity index (χ2n) is 4.66. The van der Waals surface area contributed by atoms with Crippen LogP contribution in [0, 0.1) is 4.84 Å². The maximum atomic E-state index is 5.59. The van der Waals surface area contributed by atoms with E-state index in [1.165, 1.54) is 0 Å². The zero-order valence-electron chi connectivity index (χ0n) is 10.3. The monoisotopic (exact) mass is 264 g/mol. The van der Waals surface area contributed by atoms with Gasteiger partial charge >= 0.3 is 0 Å². The number of para-hydroxylation sites is 2. The Hall–Kier alpha value is -1.17. The van der Waals surface area contributed by atoms with Crippen LogP contribution in [0.4, 0.5) is 0 Å². The molecule has 4 nitrogen and oxygen atoms in total. The molecule has 1 aliphatic rings. The number of hydrogen-bond donors (Lipinski definition) is 0. The maximum Gasteiger partial charge on any atom is 0.270 e. The number of hydrogen-bond acceptors (Lipinski definition) is 4. The number of rotatable bonds is 2. The fraction of sp³-hybridized carbons (Fsp3) is 0.462. The molecule has 5 heteroatoms. The van der Waals surface area contributed by atoms with Gasteiger partial charge in [0.05, 0.1) is 24.9 Å². The summed E-state index contributed by atoms with van der Waals surface area (Å²) in [5.41, 5.74) is 1.91. The van der Waals surface area contributed by atoms with Crippen molar-refractivity contribution in [3.05, 3.63) is 29.1 Å². The van der Waals surface area contributed by atoms with Crippen LogP contribution in [0.2, 0.25) is 0 Å². The average molecular weight is 264 g/mol. The fourth-order valence-electron chi connectivity index (χ4n) is 2.37. The van der Waals surface area contributed by atoms with Gasteiger partial charge in [0.2, 0.25) is 0 Å². The summed E-state index contributed by atoms with van der Waals surface area (Å²) in [6, 6.07) is 7.95. The van der Waals surface area contributed by atoms with Crippen molar-refractivity contribution in [2.24, 2.45) is 0 Å². The van der Waals surface area contributed by atoms with Crippen LogP contribution in [0.1, 0.15) is 6.92 Å². The molecule has 0 spiro atoms. The van der Waals surface area contributed by atoms with Crippen LogP contribution in [0.5, 0.6) is 0 Å². The lowest BCUT2D eigenvalue weighted by atomic mass is 10.3. The largest absolute Gasteiger partial charge is 0.429 e. The summed E-state index contributed by atoms with van der Waals surface area (Å²) in [5.74, 6) is 0. The van der Waals surface area contributed by atoms with Crippen molar-refractivity contribution in [1.29, 1.82) is 0 Å². The highest BCUT2D eigenvalue weighted by Crippen LogP contribution is 2.18. The lowest BCUT2D eigenvalue weighted by Crippen LogP contribution is -2.41. The number of benzene rings is 1. The minimum absolute atomic E-state index is 0.283. The smallest absolute Gasteiger partial charge is 0.270 e. The Labute approximate surface area is 111 Å². The highest BCUT2D eigenvalue weighted by molar-refractivity contribution is 7.71. The van der Waals surface area contributed by atoms with Crippen molar-refractivity contribution >= 4 is 23.3 Å². The van der Waals surface area contributed by atoms with E-state index in [9.17, 15) is 0 Å². The zero-order chi connectivity index (χ0) is 12.5. The van der Waals surface area contributed by atoms with Gasteiger partial charge in [-0.05, 0) is 31.3 Å². The Morgan fingerprint density at radius 3 is 3.06 bits per heavy atom. The molecule has 1 aromatic heterocycles. The van der Waals surface area contributed by atoms with Crippen molar-refractivity contribution in [1.82, 2.24) is 9.47 Å². The summed E-state index contributed by atoms with van der Waals surface area (Å²) >= 11 is 5.29. The van der Waals surface area contributed by atoms with Crippen LogP contribution in [0.25, 0.3) is 11.1 Å². The van der Waals surface area contributed by atoms with Crippen LogP contribution < -0.4 is 0 Å². The quantitative estimate of drug-likeness (QED) is 0.780. The zero-order valence-corrected chi connectivity index (χ0v) is 11.2. The highest BCUT2D eigenvalue weighted by Gasteiger charge is 2.18. The third-order valence-corrected chi connectivity index (χ3v) is 3.54. The predicted molar refractivity (Wildman–Crippen MR) is 72.0 cm³/mol. The molecule has 96 valence electrons. The highest BCUT2D eigenvalue weighted by atomic mass is 32.1. The van der Waals surface area contributed by atoms with Gasteiger partial charge in [0.1, 0.15) is 0 Å². The molecule has 0 N–H and O–H groups in total. The summed E-state index contributed by atoms with van der Waals surface area (Å²) in [6.07, 6.45) is 0.283. The maximum absolute atomic E-state index is 5.59. The third kappa shape index (κ3) is 2.21. The Kier molecular flexibility index (Phi) is 3.20. The van der Waals surface area contributed by atoms with Crippen LogP contribution in [-0.2, 0) is 11.4 Å². The summed E-state index contributed by atoms with van der Waals surface area (Å²) in [6.45, 7) is 5.51. The Balaban J connectivity index is 1.90. The first-order valence-corrected chi connectivity index (χ1v) is 6.57. The Bertz CT molecular complexity index is 604. The molecule has 1 aromatic carbocycles. The molecule has 1 fully saturated rings. The van der Waals surface area contributed by atoms with Crippen molar-refractivity contribution in [2.45, 2.75) is 19.7 Å². The second-order valence-corrected chi connectivity index (χ2v) is 5.01. The lowest BCUT2D eigenvalue weighted by Gasteiger charge is -2.31. The third-order valence-electron chi connectivity index (χ3n) is 3.24. The van der Waals surface area contributed by atoms with E-state index in [2.05, 4.69) is 11.8 Å². The molecule has 0 aliphatic carbocycles. The summed E-state index contributed by atoms with van der Waals surface area (Å²) < 4.78 is 13.2. The predicted octanol–water partition coefficient (Wildman–Crippen LogP) is 2.64. The summed E-state index contributed by atoms with van der Waals surface area (Å²) in [7, 11) is 0. The standard InChI is InChI=1S/C13H16N2O2S/c1-10-8-14(6-7-16-10)9-15-11-4-2-3-5-12(11)17-13(15)18/h2-5,10H,6-9H2,1H3. The molecule has 2 aromatic rings. The van der Waals surface area contributed by atoms with Gasteiger partial charge in [-0.1, -0.05) is 12.1 Å². The molecule has 0 bridgehead atoms. The van der Waals surface area contributed by atoms with Crippen LogP contribution in [0.15, 0.2) is 28.7 Å². The van der Waals surface area contributed by atoms with Crippen LogP contribution in [0.3, 0.4) is 0 Å². The van der Waals surface area contributed by atoms with E-state index < -0.39 is 0 Å². The van der Waals surface area contributed by atoms with E-state index in [1.807, 2.05) is 28.8 Å². The van der Waals surface area contributed by atoms with Crippen molar-refractivity contribution < 1.29 is 9.15 Å². The number of oxazole rings is 1. The summed E-state index contributed by atoms with van der Waals surface area (Å²) in [4.78, 5) is 2.88. The number of nitrogens with zero attached hydrogens (tertiary/aromatic N) is 2. The fourth-order valence-corrected chi connectivity index (χ4v) is 2.61. The first-order chi connectivity index (χ1) is 8.74. The number of morpholine rings is 1. The first kappa shape index (κ1) is 11.9. The minimum atomic E-state index is 0.283. The van der Waals surface area contributed by atoms with Crippen molar-refractivity contribution in [3.8, 4) is 0 Å². The number of fused-ring (bicyclic) bond motifs is 1. The second kappa shape index (κ2) is 4.84. The van der Waals surface area contributed by atoms with Gasteiger partial charge in [-0.2, -0.15) is 0 Å². The van der Waals surface area contributed by atoms with Crippen LogP contribution in [-0.4, -0.2) is 35.3 Å².